The highest BCUT2D eigenvalue weighted by Crippen LogP contribution is 2.24. The zero-order valence-electron chi connectivity index (χ0n) is 6.31. The van der Waals surface area contributed by atoms with Crippen molar-refractivity contribution in [2.75, 3.05) is 0 Å². The first kappa shape index (κ1) is 8.54. The van der Waals surface area contributed by atoms with E-state index in [2.05, 4.69) is 25.9 Å². The number of benzene rings is 1. The predicted octanol–water partition coefficient (Wildman–Crippen LogP) is 2.85. The lowest BCUT2D eigenvalue weighted by molar-refractivity contribution is 1.27. The molecule has 1 aromatic carbocycles. The number of hydrogen-bond donors (Lipinski definition) is 1. The highest BCUT2D eigenvalue weighted by Gasteiger charge is 2.08. The fourth-order valence-corrected chi connectivity index (χ4v) is 1.71. The minimum atomic E-state index is 0.404. The summed E-state index contributed by atoms with van der Waals surface area (Å²) in [6.07, 6.45) is 0. The number of rotatable bonds is 0. The highest BCUT2D eigenvalue weighted by atomic mass is 79.9. The second-order valence-corrected chi connectivity index (χ2v) is 3.62. The van der Waals surface area contributed by atoms with Gasteiger partial charge < -0.3 is 4.98 Å². The molecule has 0 atom stereocenters. The maximum absolute atomic E-state index is 8.82. The lowest BCUT2D eigenvalue weighted by atomic mass is 10.2. The zero-order chi connectivity index (χ0) is 9.42. The Hall–Kier alpha value is -1.05. The minimum absolute atomic E-state index is 0.404. The molecule has 1 heterocycles. The molecule has 0 saturated carbocycles. The van der Waals surface area contributed by atoms with Crippen LogP contribution in [0, 0.1) is 11.3 Å². The SMILES string of the molecule is N#Cc1c(Cl)ccc2[nH]c(Br)nc12. The van der Waals surface area contributed by atoms with E-state index in [9.17, 15) is 0 Å². The van der Waals surface area contributed by atoms with Gasteiger partial charge in [0.05, 0.1) is 16.1 Å². The van der Waals surface area contributed by atoms with Gasteiger partial charge in [-0.25, -0.2) is 4.98 Å². The summed E-state index contributed by atoms with van der Waals surface area (Å²) in [5.74, 6) is 0. The van der Waals surface area contributed by atoms with Gasteiger partial charge >= 0.3 is 0 Å². The van der Waals surface area contributed by atoms with E-state index in [0.29, 0.717) is 20.8 Å². The van der Waals surface area contributed by atoms with E-state index in [1.807, 2.05) is 6.07 Å². The number of H-pyrrole nitrogens is 1. The van der Waals surface area contributed by atoms with E-state index in [1.54, 1.807) is 12.1 Å². The number of aromatic nitrogens is 2. The van der Waals surface area contributed by atoms with Crippen LogP contribution >= 0.6 is 27.5 Å². The molecule has 13 heavy (non-hydrogen) atoms. The van der Waals surface area contributed by atoms with Gasteiger partial charge in [0.2, 0.25) is 0 Å². The van der Waals surface area contributed by atoms with Gasteiger partial charge in [-0.15, -0.1) is 0 Å². The van der Waals surface area contributed by atoms with Crippen molar-refractivity contribution >= 4 is 38.6 Å². The molecule has 0 aliphatic heterocycles. The summed E-state index contributed by atoms with van der Waals surface area (Å²) >= 11 is 9.01. The molecule has 0 aliphatic carbocycles. The summed E-state index contributed by atoms with van der Waals surface area (Å²) in [5, 5.41) is 9.25. The number of nitrogens with zero attached hydrogens (tertiary/aromatic N) is 2. The van der Waals surface area contributed by atoms with E-state index >= 15 is 0 Å². The molecule has 3 nitrogen and oxygen atoms in total. The predicted molar refractivity (Wildman–Crippen MR) is 53.5 cm³/mol. The summed E-state index contributed by atoms with van der Waals surface area (Å²) < 4.78 is 0.598. The molecule has 1 N–H and O–H groups in total. The zero-order valence-corrected chi connectivity index (χ0v) is 8.65. The summed E-state index contributed by atoms with van der Waals surface area (Å²) in [7, 11) is 0. The summed E-state index contributed by atoms with van der Waals surface area (Å²) in [4.78, 5) is 7.06. The van der Waals surface area contributed by atoms with Crippen LogP contribution in [0.25, 0.3) is 11.0 Å². The Bertz CT molecular complexity index is 512. The lowest BCUT2D eigenvalue weighted by Gasteiger charge is -1.93. The minimum Gasteiger partial charge on any atom is -0.332 e. The molecule has 5 heteroatoms. The van der Waals surface area contributed by atoms with Crippen molar-refractivity contribution in [3.8, 4) is 6.07 Å². The average molecular weight is 256 g/mol. The molecule has 64 valence electrons. The van der Waals surface area contributed by atoms with Crippen LogP contribution in [-0.4, -0.2) is 9.97 Å². The Labute approximate surface area is 87.5 Å². The molecule has 0 bridgehead atoms. The van der Waals surface area contributed by atoms with Gasteiger partial charge in [0.15, 0.2) is 4.73 Å². The maximum atomic E-state index is 8.82. The molecular weight excluding hydrogens is 253 g/mol. The standard InChI is InChI=1S/C8H3BrClN3/c9-8-12-6-2-1-5(10)4(3-11)7(6)13-8/h1-2H,(H,12,13). The molecule has 0 fully saturated rings. The Balaban J connectivity index is 2.93. The molecule has 0 spiro atoms. The van der Waals surface area contributed by atoms with Crippen LogP contribution in [0.2, 0.25) is 5.02 Å². The molecule has 2 rings (SSSR count). The third-order valence-electron chi connectivity index (χ3n) is 1.69. The Morgan fingerprint density at radius 1 is 1.54 bits per heavy atom. The second-order valence-electron chi connectivity index (χ2n) is 2.46. The van der Waals surface area contributed by atoms with E-state index < -0.39 is 0 Å². The van der Waals surface area contributed by atoms with Crippen LogP contribution in [-0.2, 0) is 0 Å². The van der Waals surface area contributed by atoms with Crippen molar-refractivity contribution in [3.63, 3.8) is 0 Å². The molecule has 0 saturated heterocycles. The van der Waals surface area contributed by atoms with Gasteiger partial charge in [0.25, 0.3) is 0 Å². The fraction of sp³-hybridized carbons (Fsp3) is 0. The third-order valence-corrected chi connectivity index (χ3v) is 2.38. The summed E-state index contributed by atoms with van der Waals surface area (Å²) in [6, 6.07) is 5.48. The average Bonchev–Trinajstić information content (AvgIpc) is 2.45. The Morgan fingerprint density at radius 3 is 3.00 bits per heavy atom. The summed E-state index contributed by atoms with van der Waals surface area (Å²) in [5.41, 5.74) is 1.80. The van der Waals surface area contributed by atoms with Crippen LogP contribution in [0.4, 0.5) is 0 Å². The van der Waals surface area contributed by atoms with Gasteiger partial charge in [-0.1, -0.05) is 11.6 Å². The third kappa shape index (κ3) is 1.30. The first-order chi connectivity index (χ1) is 6.22. The van der Waals surface area contributed by atoms with Gasteiger partial charge in [-0.2, -0.15) is 5.26 Å². The largest absolute Gasteiger partial charge is 0.332 e. The molecule has 0 unspecified atom stereocenters. The first-order valence-corrected chi connectivity index (χ1v) is 4.63. The van der Waals surface area contributed by atoms with Crippen molar-refractivity contribution in [2.24, 2.45) is 0 Å². The molecule has 2 aromatic rings. The van der Waals surface area contributed by atoms with Crippen LogP contribution in [0.1, 0.15) is 5.56 Å². The van der Waals surface area contributed by atoms with E-state index in [4.69, 9.17) is 16.9 Å². The number of aromatic amines is 1. The topological polar surface area (TPSA) is 52.5 Å². The Kier molecular flexibility index (Phi) is 1.98. The maximum Gasteiger partial charge on any atom is 0.175 e. The van der Waals surface area contributed by atoms with Crippen LogP contribution in [0.3, 0.4) is 0 Å². The van der Waals surface area contributed by atoms with Gasteiger partial charge in [-0.3, -0.25) is 0 Å². The van der Waals surface area contributed by atoms with Crippen molar-refractivity contribution in [3.05, 3.63) is 27.5 Å². The molecule has 1 aromatic heterocycles. The molecule has 0 amide bonds. The van der Waals surface area contributed by atoms with E-state index in [-0.39, 0.29) is 0 Å². The smallest absolute Gasteiger partial charge is 0.175 e. The number of nitrogens with one attached hydrogen (secondary N) is 1. The molecular formula is C8H3BrClN3. The number of fused-ring (bicyclic) bond motifs is 1. The van der Waals surface area contributed by atoms with Crippen molar-refractivity contribution < 1.29 is 0 Å². The van der Waals surface area contributed by atoms with Crippen molar-refractivity contribution in [2.45, 2.75) is 0 Å². The lowest BCUT2D eigenvalue weighted by Crippen LogP contribution is -1.79. The van der Waals surface area contributed by atoms with Crippen molar-refractivity contribution in [1.82, 2.24) is 9.97 Å². The number of nitriles is 1. The number of halogens is 2. The van der Waals surface area contributed by atoms with Crippen LogP contribution in [0.15, 0.2) is 16.9 Å². The second kappa shape index (κ2) is 3.02. The van der Waals surface area contributed by atoms with Gasteiger partial charge in [0, 0.05) is 0 Å². The normalized spacial score (nSPS) is 10.2. The molecule has 0 aliphatic rings. The van der Waals surface area contributed by atoms with Gasteiger partial charge in [-0.05, 0) is 28.1 Å². The quantitative estimate of drug-likeness (QED) is 0.788. The van der Waals surface area contributed by atoms with Crippen LogP contribution in [0.5, 0.6) is 0 Å². The number of hydrogen-bond acceptors (Lipinski definition) is 2. The van der Waals surface area contributed by atoms with E-state index in [0.717, 1.165) is 5.52 Å². The highest BCUT2D eigenvalue weighted by molar-refractivity contribution is 9.10. The number of imidazole rings is 1. The Morgan fingerprint density at radius 2 is 2.31 bits per heavy atom. The van der Waals surface area contributed by atoms with Crippen molar-refractivity contribution in [1.29, 1.82) is 5.26 Å². The molecule has 0 radical (unpaired) electrons. The van der Waals surface area contributed by atoms with E-state index in [1.165, 1.54) is 0 Å². The fourth-order valence-electron chi connectivity index (χ4n) is 1.13. The van der Waals surface area contributed by atoms with Gasteiger partial charge in [0.1, 0.15) is 11.6 Å². The summed E-state index contributed by atoms with van der Waals surface area (Å²) in [6.45, 7) is 0. The first-order valence-electron chi connectivity index (χ1n) is 3.46. The monoisotopic (exact) mass is 255 g/mol. The van der Waals surface area contributed by atoms with Crippen LogP contribution < -0.4 is 0 Å².